The number of amides is 1. The Morgan fingerprint density at radius 3 is 2.40 bits per heavy atom. The highest BCUT2D eigenvalue weighted by Crippen LogP contribution is 2.46. The van der Waals surface area contributed by atoms with Gasteiger partial charge in [-0.1, -0.05) is 0 Å². The molecule has 48 heavy (non-hydrogen) atoms. The van der Waals surface area contributed by atoms with Gasteiger partial charge in [0.2, 0.25) is 20.8 Å². The van der Waals surface area contributed by atoms with Crippen molar-refractivity contribution in [2.45, 2.75) is 102 Å². The summed E-state index contributed by atoms with van der Waals surface area (Å²) >= 11 is 0. The van der Waals surface area contributed by atoms with Gasteiger partial charge in [-0.2, -0.15) is 23.3 Å². The summed E-state index contributed by atoms with van der Waals surface area (Å²) in [4.78, 5) is 22.5. The number of carbonyl (C=O) groups excluding carboxylic acids is 1. The molecule has 1 saturated heterocycles. The Bertz CT molecular complexity index is 1810. The van der Waals surface area contributed by atoms with Gasteiger partial charge in [0.25, 0.3) is 0 Å². The number of aromatic nitrogens is 4. The van der Waals surface area contributed by atoms with Crippen LogP contribution in [0.25, 0.3) is 0 Å². The molecule has 2 aromatic heterocycles. The van der Waals surface area contributed by atoms with Crippen LogP contribution in [-0.2, 0) is 34.2 Å². The van der Waals surface area contributed by atoms with Crippen LogP contribution in [0.3, 0.4) is 0 Å². The zero-order chi connectivity index (χ0) is 35.3. The van der Waals surface area contributed by atoms with Crippen molar-refractivity contribution in [2.75, 3.05) is 23.7 Å². The molecule has 0 aliphatic carbocycles. The molecule has 5 rings (SSSR count). The van der Waals surface area contributed by atoms with E-state index in [9.17, 15) is 26.4 Å². The summed E-state index contributed by atoms with van der Waals surface area (Å²) in [6, 6.07) is 1.87. The molecule has 262 valence electrons. The van der Waals surface area contributed by atoms with Crippen LogP contribution in [0.15, 0.2) is 23.5 Å². The monoisotopic (exact) mass is 693 g/mol. The van der Waals surface area contributed by atoms with Gasteiger partial charge in [-0.25, -0.2) is 18.2 Å². The minimum absolute atomic E-state index is 0.138. The van der Waals surface area contributed by atoms with Crippen LogP contribution in [-0.4, -0.2) is 69.2 Å². The van der Waals surface area contributed by atoms with Gasteiger partial charge in [-0.15, -0.1) is 0 Å². The van der Waals surface area contributed by atoms with Crippen molar-refractivity contribution < 1.29 is 35.9 Å². The van der Waals surface area contributed by atoms with E-state index in [-0.39, 0.29) is 34.8 Å². The molecule has 1 atom stereocenters. The molecule has 4 heterocycles. The van der Waals surface area contributed by atoms with Crippen molar-refractivity contribution in [3.63, 3.8) is 0 Å². The number of aryl methyl sites for hydroxylation is 2. The molecule has 1 fully saturated rings. The van der Waals surface area contributed by atoms with Gasteiger partial charge in [0.15, 0.2) is 0 Å². The number of anilines is 4. The minimum Gasteiger partial charge on any atom is -0.488 e. The smallest absolute Gasteiger partial charge is 0.421 e. The number of hydrogen-bond acceptors (Lipinski definition) is 10. The Morgan fingerprint density at radius 1 is 1.12 bits per heavy atom. The SMILES string of the molecule is Cc1cc(Nc2ncc(C(F)(F)F)c(Nc3cn(C)nc3S(=O)(=O)C(C)C)n2)c2c(c1C1CCN(C(=O)OC(C)(C)C)CC1)C[C@@H](C)O2. The second-order valence-electron chi connectivity index (χ2n) is 13.7. The maximum atomic E-state index is 14.1. The van der Waals surface area contributed by atoms with Crippen molar-refractivity contribution in [3.05, 3.63) is 40.7 Å². The first-order valence-electron chi connectivity index (χ1n) is 15.8. The summed E-state index contributed by atoms with van der Waals surface area (Å²) in [6.45, 7) is 13.5. The maximum absolute atomic E-state index is 14.1. The number of benzene rings is 1. The summed E-state index contributed by atoms with van der Waals surface area (Å²) in [5, 5.41) is 8.36. The third-order valence-corrected chi connectivity index (χ3v) is 10.4. The van der Waals surface area contributed by atoms with E-state index in [0.717, 1.165) is 29.5 Å². The largest absolute Gasteiger partial charge is 0.488 e. The van der Waals surface area contributed by atoms with Gasteiger partial charge in [0.05, 0.1) is 16.6 Å². The number of rotatable bonds is 7. The highest BCUT2D eigenvalue weighted by Gasteiger charge is 2.37. The summed E-state index contributed by atoms with van der Waals surface area (Å²) in [5.74, 6) is -0.0300. The van der Waals surface area contributed by atoms with Gasteiger partial charge < -0.3 is 25.0 Å². The van der Waals surface area contributed by atoms with E-state index in [0.29, 0.717) is 37.1 Å². The highest BCUT2D eigenvalue weighted by atomic mass is 32.2. The predicted octanol–water partition coefficient (Wildman–Crippen LogP) is 6.64. The molecule has 0 radical (unpaired) electrons. The van der Waals surface area contributed by atoms with Crippen molar-refractivity contribution in [3.8, 4) is 5.75 Å². The quantitative estimate of drug-likeness (QED) is 0.277. The lowest BCUT2D eigenvalue weighted by atomic mass is 9.82. The molecular formula is C32H42F3N7O5S. The second-order valence-corrected chi connectivity index (χ2v) is 16.1. The Labute approximate surface area is 278 Å². The average Bonchev–Trinajstić information content (AvgIpc) is 3.53. The molecule has 2 aliphatic rings. The van der Waals surface area contributed by atoms with Gasteiger partial charge in [-0.05, 0) is 84.4 Å². The molecule has 0 bridgehead atoms. The molecule has 3 aromatic rings. The Balaban J connectivity index is 1.45. The lowest BCUT2D eigenvalue weighted by Crippen LogP contribution is -2.41. The van der Waals surface area contributed by atoms with E-state index < -0.39 is 38.2 Å². The van der Waals surface area contributed by atoms with Crippen molar-refractivity contribution >= 4 is 39.1 Å². The topological polar surface area (TPSA) is 141 Å². The normalized spacial score (nSPS) is 17.3. The first-order valence-corrected chi connectivity index (χ1v) is 17.4. The third-order valence-electron chi connectivity index (χ3n) is 8.27. The molecule has 1 amide bonds. The molecule has 0 spiro atoms. The number of piperidine rings is 1. The number of likely N-dealkylation sites (tertiary alicyclic amines) is 1. The number of hydrogen-bond donors (Lipinski definition) is 2. The molecule has 16 heteroatoms. The summed E-state index contributed by atoms with van der Waals surface area (Å²) < 4.78 is 81.1. The van der Waals surface area contributed by atoms with Gasteiger partial charge in [0, 0.05) is 44.5 Å². The van der Waals surface area contributed by atoms with Crippen LogP contribution in [0.4, 0.5) is 41.1 Å². The number of nitrogens with one attached hydrogen (secondary N) is 2. The average molecular weight is 694 g/mol. The summed E-state index contributed by atoms with van der Waals surface area (Å²) in [6.07, 6.45) is -1.24. The Hall–Kier alpha value is -4.08. The highest BCUT2D eigenvalue weighted by molar-refractivity contribution is 7.92. The van der Waals surface area contributed by atoms with Crippen LogP contribution >= 0.6 is 0 Å². The first-order chi connectivity index (χ1) is 22.2. The fraction of sp³-hybridized carbons (Fsp3) is 0.562. The number of nitrogens with zero attached hydrogens (tertiary/aromatic N) is 5. The van der Waals surface area contributed by atoms with Crippen molar-refractivity contribution in [1.82, 2.24) is 24.6 Å². The molecule has 0 saturated carbocycles. The number of alkyl halides is 3. The van der Waals surface area contributed by atoms with E-state index in [4.69, 9.17) is 9.47 Å². The molecule has 1 aromatic carbocycles. The third kappa shape index (κ3) is 7.32. The van der Waals surface area contributed by atoms with E-state index >= 15 is 0 Å². The van der Waals surface area contributed by atoms with Crippen LogP contribution < -0.4 is 15.4 Å². The number of sulfone groups is 1. The Kier molecular flexibility index (Phi) is 9.36. The summed E-state index contributed by atoms with van der Waals surface area (Å²) in [7, 11) is -2.46. The van der Waals surface area contributed by atoms with Crippen LogP contribution in [0.5, 0.6) is 5.75 Å². The lowest BCUT2D eigenvalue weighted by Gasteiger charge is -2.34. The van der Waals surface area contributed by atoms with Crippen LogP contribution in [0.2, 0.25) is 0 Å². The number of halogens is 3. The minimum atomic E-state index is -4.84. The molecule has 12 nitrogen and oxygen atoms in total. The second kappa shape index (κ2) is 12.7. The maximum Gasteiger partial charge on any atom is 0.421 e. The van der Waals surface area contributed by atoms with Gasteiger partial charge >= 0.3 is 12.3 Å². The number of carbonyl (C=O) groups is 1. The first kappa shape index (κ1) is 35.2. The zero-order valence-corrected chi connectivity index (χ0v) is 29.1. The fourth-order valence-electron chi connectivity index (χ4n) is 6.07. The van der Waals surface area contributed by atoms with E-state index in [1.54, 1.807) is 4.90 Å². The Morgan fingerprint density at radius 2 is 1.79 bits per heavy atom. The van der Waals surface area contributed by atoms with E-state index in [1.807, 2.05) is 40.7 Å². The fourth-order valence-corrected chi connectivity index (χ4v) is 7.17. The van der Waals surface area contributed by atoms with Gasteiger partial charge in [-0.3, -0.25) is 4.68 Å². The summed E-state index contributed by atoms with van der Waals surface area (Å²) in [5.41, 5.74) is 1.72. The van der Waals surface area contributed by atoms with Gasteiger partial charge in [0.1, 0.15) is 28.8 Å². The van der Waals surface area contributed by atoms with E-state index in [2.05, 4.69) is 25.7 Å². The standard InChI is InChI=1S/C32H42F3N7O5S/c1-17(2)48(44,45)28-24(16-41(8)40-28)37-27-22(32(33,34)35)15-36-29(39-27)38-23-13-18(3)25(21-14-19(4)46-26(21)23)20-9-11-42(12-10-20)30(43)47-31(5,6)7/h13,15-17,19-20H,9-12,14H2,1-8H3,(H2,36,37,38,39)/t19-/m1/s1. The van der Waals surface area contributed by atoms with Crippen molar-refractivity contribution in [1.29, 1.82) is 0 Å². The lowest BCUT2D eigenvalue weighted by molar-refractivity contribution is -0.137. The molecule has 2 aliphatic heterocycles. The van der Waals surface area contributed by atoms with Crippen molar-refractivity contribution in [2.24, 2.45) is 7.05 Å². The number of ether oxygens (including phenoxy) is 2. The molecule has 0 unspecified atom stereocenters. The molecular weight excluding hydrogens is 651 g/mol. The predicted molar refractivity (Wildman–Crippen MR) is 174 cm³/mol. The number of fused-ring (bicyclic) bond motifs is 1. The van der Waals surface area contributed by atoms with E-state index in [1.165, 1.54) is 31.8 Å². The zero-order valence-electron chi connectivity index (χ0n) is 28.3. The van der Waals surface area contributed by atoms with Crippen LogP contribution in [0, 0.1) is 6.92 Å². The van der Waals surface area contributed by atoms with Crippen LogP contribution in [0.1, 0.15) is 82.6 Å². The molecule has 2 N–H and O–H groups in total.